The second-order valence-electron chi connectivity index (χ2n) is 16.3. The number of imide groups is 1. The number of rotatable bonds is 13. The van der Waals surface area contributed by atoms with E-state index in [1.165, 1.54) is 12.1 Å². The van der Waals surface area contributed by atoms with Gasteiger partial charge in [-0.3, -0.25) is 34.4 Å². The molecule has 5 heterocycles. The van der Waals surface area contributed by atoms with E-state index in [4.69, 9.17) is 9.47 Å². The number of aryl methyl sites for hydroxylation is 1. The van der Waals surface area contributed by atoms with E-state index in [-0.39, 0.29) is 23.8 Å². The number of para-hydroxylation sites is 1. The third-order valence-electron chi connectivity index (χ3n) is 12.1. The van der Waals surface area contributed by atoms with Crippen molar-refractivity contribution in [3.8, 4) is 5.75 Å². The van der Waals surface area contributed by atoms with Gasteiger partial charge in [0.2, 0.25) is 11.8 Å². The number of amides is 3. The number of aromatic nitrogens is 4. The number of ether oxygens (including phenoxy) is 2. The molecule has 0 radical (unpaired) electrons. The van der Waals surface area contributed by atoms with Gasteiger partial charge in [-0.05, 0) is 91.8 Å². The number of hydrogen-bond donors (Lipinski definition) is 4. The molecule has 6 aromatic rings. The summed E-state index contributed by atoms with van der Waals surface area (Å²) in [5.41, 5.74) is 5.82. The second-order valence-corrected chi connectivity index (χ2v) is 16.3. The van der Waals surface area contributed by atoms with Crippen LogP contribution in [0.15, 0.2) is 72.8 Å². The number of fused-ring (bicyclic) bond motifs is 2. The van der Waals surface area contributed by atoms with E-state index < -0.39 is 17.6 Å². The summed E-state index contributed by atoms with van der Waals surface area (Å²) in [5.74, 6) is -1.51. The van der Waals surface area contributed by atoms with Gasteiger partial charge in [-0.15, -0.1) is 0 Å². The minimum absolute atomic E-state index is 0.156. The molecule has 0 bridgehead atoms. The first-order valence-electron chi connectivity index (χ1n) is 21.3. The Morgan fingerprint density at radius 1 is 0.919 bits per heavy atom. The van der Waals surface area contributed by atoms with Gasteiger partial charge in [-0.1, -0.05) is 18.2 Å². The smallest absolute Gasteiger partial charge is 0.258 e. The van der Waals surface area contributed by atoms with Crippen molar-refractivity contribution in [1.82, 2.24) is 30.2 Å². The minimum atomic E-state index is -0.628. The number of nitrogens with zero attached hydrogens (tertiary/aromatic N) is 5. The molecule has 1 unspecified atom stereocenters. The number of carbonyl (C=O) groups excluding carboxylic acids is 3. The largest absolute Gasteiger partial charge is 0.491 e. The van der Waals surface area contributed by atoms with Gasteiger partial charge in [0, 0.05) is 93.7 Å². The highest BCUT2D eigenvalue weighted by atomic mass is 19.1. The fourth-order valence-electron chi connectivity index (χ4n) is 8.85. The quantitative estimate of drug-likeness (QED) is 0.0772. The van der Waals surface area contributed by atoms with Gasteiger partial charge in [0.15, 0.2) is 5.82 Å². The van der Waals surface area contributed by atoms with Crippen LogP contribution < -0.4 is 25.6 Å². The average Bonchev–Trinajstić information content (AvgIpc) is 3.82. The fourth-order valence-corrected chi connectivity index (χ4v) is 8.85. The molecule has 0 aliphatic carbocycles. The first-order valence-corrected chi connectivity index (χ1v) is 21.3. The number of halogens is 2. The third-order valence-corrected chi connectivity index (χ3v) is 12.1. The van der Waals surface area contributed by atoms with E-state index in [2.05, 4.69) is 47.1 Å². The summed E-state index contributed by atoms with van der Waals surface area (Å²) in [6.45, 7) is 6.10. The summed E-state index contributed by atoms with van der Waals surface area (Å²) in [7, 11) is 1.85. The number of carbonyl (C=O) groups is 3. The molecule has 4 N–H and O–H groups in total. The predicted octanol–water partition coefficient (Wildman–Crippen LogP) is 6.27. The highest BCUT2D eigenvalue weighted by Gasteiger charge is 2.32. The zero-order chi connectivity index (χ0) is 42.7. The number of piperazine rings is 1. The van der Waals surface area contributed by atoms with Crippen molar-refractivity contribution in [1.29, 1.82) is 0 Å². The van der Waals surface area contributed by atoms with Crippen LogP contribution in [-0.2, 0) is 27.8 Å². The number of H-pyrrole nitrogens is 1. The van der Waals surface area contributed by atoms with E-state index in [1.54, 1.807) is 4.68 Å². The van der Waals surface area contributed by atoms with Gasteiger partial charge >= 0.3 is 0 Å². The Bertz CT molecular complexity index is 2610. The first kappa shape index (κ1) is 41.0. The lowest BCUT2D eigenvalue weighted by Crippen LogP contribution is -2.46. The fraction of sp³-hybridized carbons (Fsp3) is 0.370. The van der Waals surface area contributed by atoms with E-state index >= 15 is 0 Å². The lowest BCUT2D eigenvalue weighted by molar-refractivity contribution is -0.134. The van der Waals surface area contributed by atoms with Crippen LogP contribution in [0, 0.1) is 11.6 Å². The van der Waals surface area contributed by atoms with Crippen LogP contribution in [0.25, 0.3) is 21.8 Å². The van der Waals surface area contributed by atoms with Crippen molar-refractivity contribution in [2.75, 3.05) is 68.1 Å². The van der Waals surface area contributed by atoms with Crippen molar-refractivity contribution in [3.05, 3.63) is 107 Å². The maximum absolute atomic E-state index is 14.0. The molecule has 62 heavy (non-hydrogen) atoms. The summed E-state index contributed by atoms with van der Waals surface area (Å²) >= 11 is 0. The van der Waals surface area contributed by atoms with Gasteiger partial charge in [0.1, 0.15) is 22.9 Å². The van der Waals surface area contributed by atoms with Crippen LogP contribution in [-0.4, -0.2) is 101 Å². The van der Waals surface area contributed by atoms with Crippen LogP contribution in [0.3, 0.4) is 0 Å². The number of nitrogens with one attached hydrogen (secondary N) is 4. The SMILES string of the molecule is Cn1nc(C2CCC(=O)NC2=O)c2cccc(OCCCN3CCN(c4ccc(C(=O)Nc5n[nH]c6ccc(Cc7cc(F)cc(F)c7)cc56)c(NC5CCOCC5)c4)CC3)c21. The Balaban J connectivity index is 0.827. The maximum Gasteiger partial charge on any atom is 0.258 e. The average molecular weight is 846 g/mol. The summed E-state index contributed by atoms with van der Waals surface area (Å²) in [6.07, 6.45) is 3.53. The van der Waals surface area contributed by atoms with Crippen molar-refractivity contribution in [2.45, 2.75) is 50.5 Å². The van der Waals surface area contributed by atoms with Crippen LogP contribution >= 0.6 is 0 Å². The molecule has 3 amide bonds. The van der Waals surface area contributed by atoms with Crippen LogP contribution in [0.5, 0.6) is 5.75 Å². The molecule has 4 aromatic carbocycles. The number of anilines is 3. The summed E-state index contributed by atoms with van der Waals surface area (Å²) in [4.78, 5) is 43.1. The zero-order valence-corrected chi connectivity index (χ0v) is 34.5. The van der Waals surface area contributed by atoms with Crippen molar-refractivity contribution >= 4 is 56.7 Å². The highest BCUT2D eigenvalue weighted by molar-refractivity contribution is 6.11. The highest BCUT2D eigenvalue weighted by Crippen LogP contribution is 2.35. The molecule has 3 saturated heterocycles. The molecule has 0 spiro atoms. The molecule has 0 saturated carbocycles. The lowest BCUT2D eigenvalue weighted by atomic mass is 9.93. The van der Waals surface area contributed by atoms with Crippen molar-refractivity contribution in [2.24, 2.45) is 7.05 Å². The second kappa shape index (κ2) is 17.9. The number of hydrogen-bond acceptors (Lipinski definition) is 10. The normalized spacial score (nSPS) is 17.7. The van der Waals surface area contributed by atoms with Crippen LogP contribution in [0.2, 0.25) is 0 Å². The number of benzene rings is 4. The molecule has 322 valence electrons. The Labute approximate surface area is 356 Å². The molecule has 16 heteroatoms. The Morgan fingerprint density at radius 3 is 2.52 bits per heavy atom. The summed E-state index contributed by atoms with van der Waals surface area (Å²) in [5, 5.41) is 22.7. The predicted molar refractivity (Wildman–Crippen MR) is 232 cm³/mol. The molecule has 1 atom stereocenters. The number of aromatic amines is 1. The third kappa shape index (κ3) is 8.97. The number of piperidine rings is 1. The van der Waals surface area contributed by atoms with Crippen molar-refractivity contribution in [3.63, 3.8) is 0 Å². The standard InChI is InChI=1S/C46H49F2N9O5/c1-55-43-35(42(54-55)36-9-11-41(58)50-46(36)60)4-2-5-40(43)62-19-3-14-56-15-17-57(18-16-56)33-7-8-34(39(27-33)49-32-12-20-61-21-13-32)45(59)51-44-37-25-28(6-10-38(37)52-53-44)22-29-23-30(47)26-31(48)24-29/h2,4-8,10,23-27,32,36,49H,3,9,11-22H2,1H3,(H,50,58,60)(H2,51,52,53,59). The topological polar surface area (TPSA) is 159 Å². The molecular weight excluding hydrogens is 797 g/mol. The summed E-state index contributed by atoms with van der Waals surface area (Å²) < 4.78 is 41.4. The monoisotopic (exact) mass is 845 g/mol. The summed E-state index contributed by atoms with van der Waals surface area (Å²) in [6, 6.07) is 20.9. The molecule has 14 nitrogen and oxygen atoms in total. The van der Waals surface area contributed by atoms with Crippen molar-refractivity contribution < 1.29 is 32.6 Å². The van der Waals surface area contributed by atoms with E-state index in [9.17, 15) is 23.2 Å². The molecule has 9 rings (SSSR count). The van der Waals surface area contributed by atoms with Gasteiger partial charge in [0.25, 0.3) is 5.91 Å². The molecule has 3 fully saturated rings. The van der Waals surface area contributed by atoms with Gasteiger partial charge in [0.05, 0.1) is 29.3 Å². The molecule has 2 aromatic heterocycles. The Hall–Kier alpha value is -6.39. The molecular formula is C46H49F2N9O5. The van der Waals surface area contributed by atoms with Crippen LogP contribution in [0.4, 0.5) is 26.0 Å². The maximum atomic E-state index is 14.0. The van der Waals surface area contributed by atoms with Gasteiger partial charge in [-0.25, -0.2) is 8.78 Å². The van der Waals surface area contributed by atoms with E-state index in [0.29, 0.717) is 72.9 Å². The van der Waals surface area contributed by atoms with E-state index in [0.717, 1.165) is 91.4 Å². The first-order chi connectivity index (χ1) is 30.1. The molecule has 3 aliphatic heterocycles. The Kier molecular flexibility index (Phi) is 11.8. The van der Waals surface area contributed by atoms with E-state index in [1.807, 2.05) is 55.6 Å². The lowest BCUT2D eigenvalue weighted by Gasteiger charge is -2.36. The van der Waals surface area contributed by atoms with Gasteiger partial charge < -0.3 is 25.0 Å². The van der Waals surface area contributed by atoms with Crippen LogP contribution in [0.1, 0.15) is 65.2 Å². The van der Waals surface area contributed by atoms with Gasteiger partial charge in [-0.2, -0.15) is 10.2 Å². The molecule has 3 aliphatic rings. The minimum Gasteiger partial charge on any atom is -0.491 e. The zero-order valence-electron chi connectivity index (χ0n) is 34.5. The Morgan fingerprint density at radius 2 is 1.73 bits per heavy atom.